The predicted octanol–water partition coefficient (Wildman–Crippen LogP) is 7.07. The third-order valence-corrected chi connectivity index (χ3v) is 18.1. The Morgan fingerprint density at radius 1 is 0.809 bits per heavy atom. The number of aromatic nitrogens is 1. The molecule has 5 fully saturated rings. The molecule has 14 nitrogen and oxygen atoms in total. The highest BCUT2D eigenvalue weighted by Gasteiger charge is 2.61. The second-order valence-corrected chi connectivity index (χ2v) is 21.3. The minimum atomic E-state index is -0.998. The Kier molecular flexibility index (Phi) is 14.9. The Morgan fingerprint density at radius 2 is 1.51 bits per heavy atom. The molecule has 10 atom stereocenters. The van der Waals surface area contributed by atoms with E-state index in [2.05, 4.69) is 48.6 Å². The number of ether oxygens (including phenoxy) is 4. The number of pyridine rings is 1. The predicted molar refractivity (Wildman–Crippen MR) is 256 cm³/mol. The smallest absolute Gasteiger partial charge is 0.264 e. The monoisotopic (exact) mass is 936 g/mol. The summed E-state index contributed by atoms with van der Waals surface area (Å²) >= 11 is 0. The van der Waals surface area contributed by atoms with Crippen molar-refractivity contribution in [1.29, 1.82) is 0 Å². The van der Waals surface area contributed by atoms with Gasteiger partial charge in [0.25, 0.3) is 17.7 Å². The molecule has 1 aromatic heterocycles. The van der Waals surface area contributed by atoms with E-state index in [1.807, 2.05) is 18.1 Å². The summed E-state index contributed by atoms with van der Waals surface area (Å²) in [6, 6.07) is 6.45. The molecule has 9 rings (SSSR count). The van der Waals surface area contributed by atoms with Crippen LogP contribution in [0, 0.1) is 46.3 Å². The van der Waals surface area contributed by atoms with E-state index in [1.165, 1.54) is 63.1 Å². The standard InChI is InChI=1S/C54H73N5O9/c1-53-20-16-39(33-38(53)10-11-40-43-13-12-42(54(43,2)21-17-44(40)53)36-9-8-35-18-22-55-34-37(35)32-36)57(3)48(61)19-24-65-26-28-67-30-31-68-29-27-66-25-23-56-45-7-5-6-41-49(45)52(64)59(50(41)62)46-14-15-47(60)58(4)51(46)63/h5-9,18,22,34,36,38-40,42-44,46,56H,10-17,19-21,23-33H2,1-4H3/t36?,38-,39-,40?,42+,43-,44?,46?,53-,54+/m0/s1. The molecule has 1 saturated heterocycles. The summed E-state index contributed by atoms with van der Waals surface area (Å²) in [6.45, 7) is 8.85. The third-order valence-electron chi connectivity index (χ3n) is 18.1. The number of rotatable bonds is 19. The van der Waals surface area contributed by atoms with Crippen molar-refractivity contribution >= 4 is 41.3 Å². The summed E-state index contributed by atoms with van der Waals surface area (Å²) in [4.78, 5) is 73.1. The van der Waals surface area contributed by atoms with Gasteiger partial charge < -0.3 is 29.2 Å². The van der Waals surface area contributed by atoms with Crippen molar-refractivity contribution in [2.45, 2.75) is 109 Å². The van der Waals surface area contributed by atoms with Gasteiger partial charge in [-0.2, -0.15) is 0 Å². The number of hydrogen-bond donors (Lipinski definition) is 1. The summed E-state index contributed by atoms with van der Waals surface area (Å²) in [5, 5.41) is 3.18. The summed E-state index contributed by atoms with van der Waals surface area (Å²) in [5.74, 6) is 2.80. The minimum absolute atomic E-state index is 0.0918. The van der Waals surface area contributed by atoms with E-state index in [9.17, 15) is 24.0 Å². The van der Waals surface area contributed by atoms with Crippen LogP contribution in [0.4, 0.5) is 5.69 Å². The second-order valence-electron chi connectivity index (χ2n) is 21.3. The van der Waals surface area contributed by atoms with Gasteiger partial charge in [0.15, 0.2) is 0 Å². The molecule has 368 valence electrons. The number of nitrogens with zero attached hydrogens (tertiary/aromatic N) is 4. The summed E-state index contributed by atoms with van der Waals surface area (Å²) in [7, 11) is 3.38. The van der Waals surface area contributed by atoms with Crippen molar-refractivity contribution < 1.29 is 42.9 Å². The van der Waals surface area contributed by atoms with Gasteiger partial charge in [-0.15, -0.1) is 0 Å². The first-order valence-electron chi connectivity index (χ1n) is 25.6. The first-order valence-corrected chi connectivity index (χ1v) is 25.6. The Bertz CT molecular complexity index is 2230. The second kappa shape index (κ2) is 20.8. The Balaban J connectivity index is 0.607. The van der Waals surface area contributed by atoms with Gasteiger partial charge in [0.2, 0.25) is 11.8 Å². The van der Waals surface area contributed by atoms with Crippen LogP contribution in [0.5, 0.6) is 0 Å². The van der Waals surface area contributed by atoms with Crippen LogP contribution in [-0.2, 0) is 39.8 Å². The number of fused-ring (bicyclic) bond motifs is 7. The number of allylic oxidation sites excluding steroid dienone is 1. The minimum Gasteiger partial charge on any atom is -0.382 e. The van der Waals surface area contributed by atoms with Crippen LogP contribution in [0.15, 0.2) is 42.7 Å². The van der Waals surface area contributed by atoms with Crippen molar-refractivity contribution in [3.05, 3.63) is 65.0 Å². The van der Waals surface area contributed by atoms with Gasteiger partial charge in [-0.25, -0.2) is 0 Å². The number of piperidine rings is 1. The summed E-state index contributed by atoms with van der Waals surface area (Å²) in [6.07, 6.45) is 22.3. The number of benzene rings is 1. The molecule has 4 unspecified atom stereocenters. The molecule has 2 aromatic rings. The highest BCUT2D eigenvalue weighted by molar-refractivity contribution is 6.25. The summed E-state index contributed by atoms with van der Waals surface area (Å²) in [5.41, 5.74) is 4.53. The zero-order valence-electron chi connectivity index (χ0n) is 40.8. The average molecular weight is 936 g/mol. The van der Waals surface area contributed by atoms with E-state index in [0.717, 1.165) is 52.7 Å². The molecule has 1 aromatic carbocycles. The number of anilines is 1. The van der Waals surface area contributed by atoms with E-state index in [0.29, 0.717) is 100 Å². The lowest BCUT2D eigenvalue weighted by atomic mass is 9.44. The molecule has 5 aliphatic carbocycles. The molecule has 4 saturated carbocycles. The van der Waals surface area contributed by atoms with E-state index in [4.69, 9.17) is 18.9 Å². The Hall–Kier alpha value is -4.50. The van der Waals surface area contributed by atoms with Crippen molar-refractivity contribution in [3.63, 3.8) is 0 Å². The molecule has 1 N–H and O–H groups in total. The number of likely N-dealkylation sites (tertiary alicyclic amines) is 1. The van der Waals surface area contributed by atoms with E-state index in [1.54, 1.807) is 18.2 Å². The van der Waals surface area contributed by atoms with Gasteiger partial charge in [-0.05, 0) is 146 Å². The van der Waals surface area contributed by atoms with Gasteiger partial charge in [0, 0.05) is 51.2 Å². The first kappa shape index (κ1) is 48.5. The normalized spacial score (nSPS) is 31.8. The van der Waals surface area contributed by atoms with Crippen LogP contribution in [0.1, 0.15) is 123 Å². The molecule has 0 spiro atoms. The maximum absolute atomic E-state index is 13.4. The largest absolute Gasteiger partial charge is 0.382 e. The fourth-order valence-corrected chi connectivity index (χ4v) is 14.4. The molecule has 3 heterocycles. The van der Waals surface area contributed by atoms with Crippen LogP contribution >= 0.6 is 0 Å². The maximum atomic E-state index is 13.4. The zero-order chi connectivity index (χ0) is 47.6. The molecular formula is C54H73N5O9. The number of carbonyl (C=O) groups is 5. The molecule has 14 heteroatoms. The highest BCUT2D eigenvalue weighted by Crippen LogP contribution is 2.68. The highest BCUT2D eigenvalue weighted by atomic mass is 16.6. The molecular weight excluding hydrogens is 863 g/mol. The van der Waals surface area contributed by atoms with Crippen LogP contribution in [0.3, 0.4) is 0 Å². The quantitative estimate of drug-likeness (QED) is 0.114. The van der Waals surface area contributed by atoms with Gasteiger partial charge in [0.05, 0.1) is 70.4 Å². The number of nitrogens with one attached hydrogen (secondary N) is 1. The fraction of sp³-hybridized carbons (Fsp3) is 0.667. The lowest BCUT2D eigenvalue weighted by Gasteiger charge is -2.62. The summed E-state index contributed by atoms with van der Waals surface area (Å²) < 4.78 is 22.8. The van der Waals surface area contributed by atoms with Gasteiger partial charge in [0.1, 0.15) is 6.04 Å². The first-order chi connectivity index (χ1) is 32.9. The molecule has 5 amide bonds. The number of hydrogen-bond acceptors (Lipinski definition) is 11. The number of imide groups is 2. The van der Waals surface area contributed by atoms with Crippen molar-refractivity contribution in [3.8, 4) is 0 Å². The molecule has 0 bridgehead atoms. The van der Waals surface area contributed by atoms with Gasteiger partial charge in [-0.3, -0.25) is 38.8 Å². The lowest BCUT2D eigenvalue weighted by Crippen LogP contribution is -2.55. The number of amides is 5. The molecule has 2 aliphatic heterocycles. The van der Waals surface area contributed by atoms with Crippen LogP contribution in [0.2, 0.25) is 0 Å². The van der Waals surface area contributed by atoms with Crippen LogP contribution in [0.25, 0.3) is 6.08 Å². The SMILES string of the molecule is CN1C(=O)CCC(N2C(=O)c3cccc(NCCOCCOCCOCCOCCC(=O)N(C)[C@H]4CC[C@]5(C)C6CC[C@]7(C)[C@@H](C8C=Cc9ccncc9C8)CC[C@H]7C6CC[C@H]5C4)c3C2=O)C1=O. The van der Waals surface area contributed by atoms with Crippen LogP contribution in [-0.4, -0.2) is 135 Å². The molecule has 0 radical (unpaired) electrons. The topological polar surface area (TPSA) is 157 Å². The lowest BCUT2D eigenvalue weighted by molar-refractivity contribution is -0.149. The van der Waals surface area contributed by atoms with E-state index in [-0.39, 0.29) is 35.8 Å². The fourth-order valence-electron chi connectivity index (χ4n) is 14.4. The van der Waals surface area contributed by atoms with Crippen molar-refractivity contribution in [1.82, 2.24) is 19.7 Å². The zero-order valence-corrected chi connectivity index (χ0v) is 40.8. The van der Waals surface area contributed by atoms with E-state index < -0.39 is 23.8 Å². The van der Waals surface area contributed by atoms with Gasteiger partial charge in [-0.1, -0.05) is 32.1 Å². The van der Waals surface area contributed by atoms with Crippen molar-refractivity contribution in [2.75, 3.05) is 78.8 Å². The van der Waals surface area contributed by atoms with Gasteiger partial charge >= 0.3 is 0 Å². The van der Waals surface area contributed by atoms with E-state index >= 15 is 0 Å². The maximum Gasteiger partial charge on any atom is 0.264 e. The van der Waals surface area contributed by atoms with Crippen molar-refractivity contribution in [2.24, 2.45) is 46.3 Å². The molecule has 68 heavy (non-hydrogen) atoms. The Morgan fingerprint density at radius 3 is 2.29 bits per heavy atom. The average Bonchev–Trinajstić information content (AvgIpc) is 3.83. The third kappa shape index (κ3) is 9.43. The number of carbonyl (C=O) groups excluding carboxylic acids is 5. The van der Waals surface area contributed by atoms with Crippen LogP contribution < -0.4 is 5.32 Å². The number of likely N-dealkylation sites (N-methyl/N-ethyl adjacent to an activating group) is 1. The Labute approximate surface area is 402 Å². The molecule has 7 aliphatic rings.